The Kier molecular flexibility index (Phi) is 6.12. The van der Waals surface area contributed by atoms with Gasteiger partial charge in [0.1, 0.15) is 5.60 Å². The van der Waals surface area contributed by atoms with Crippen LogP contribution in [-0.4, -0.2) is 31.9 Å². The normalized spacial score (nSPS) is 14.6. The summed E-state index contributed by atoms with van der Waals surface area (Å²) in [5.41, 5.74) is 0.127. The second kappa shape index (κ2) is 7.11. The Morgan fingerprint density at radius 2 is 2.00 bits per heavy atom. The Hall–Kier alpha value is -0.420. The van der Waals surface area contributed by atoms with E-state index in [1.165, 1.54) is 0 Å². The van der Waals surface area contributed by atoms with Crippen LogP contribution < -0.4 is 5.32 Å². The molecule has 0 saturated carbocycles. The molecule has 2 N–H and O–H groups in total. The van der Waals surface area contributed by atoms with Crippen LogP contribution in [0.2, 0.25) is 0 Å². The van der Waals surface area contributed by atoms with Crippen molar-refractivity contribution < 1.29 is 9.84 Å². The van der Waals surface area contributed by atoms with E-state index < -0.39 is 5.60 Å². The molecule has 1 rings (SSSR count). The molecule has 0 saturated heterocycles. The van der Waals surface area contributed by atoms with Gasteiger partial charge in [-0.3, -0.25) is 0 Å². The van der Waals surface area contributed by atoms with Crippen LogP contribution in [0.15, 0.2) is 28.7 Å². The number of nitrogens with one attached hydrogen (secondary N) is 1. The van der Waals surface area contributed by atoms with Gasteiger partial charge in [0.05, 0.1) is 6.61 Å². The molecular weight excluding hydrogens is 282 g/mol. The monoisotopic (exact) mass is 301 g/mol. The third kappa shape index (κ3) is 4.39. The van der Waals surface area contributed by atoms with Crippen molar-refractivity contribution >= 4 is 15.9 Å². The van der Waals surface area contributed by atoms with Crippen LogP contribution in [0.5, 0.6) is 0 Å². The molecule has 17 heavy (non-hydrogen) atoms. The molecule has 96 valence electrons. The van der Waals surface area contributed by atoms with Gasteiger partial charge in [-0.2, -0.15) is 0 Å². The summed E-state index contributed by atoms with van der Waals surface area (Å²) in [5.74, 6) is 0. The first-order chi connectivity index (χ1) is 8.12. The van der Waals surface area contributed by atoms with Crippen LogP contribution in [0.4, 0.5) is 0 Å². The van der Waals surface area contributed by atoms with E-state index in [4.69, 9.17) is 4.74 Å². The molecule has 0 aliphatic rings. The first-order valence-electron chi connectivity index (χ1n) is 5.80. The quantitative estimate of drug-likeness (QED) is 0.759. The average Bonchev–Trinajstić information content (AvgIpc) is 2.35. The van der Waals surface area contributed by atoms with Gasteiger partial charge in [-0.25, -0.2) is 0 Å². The second-order valence-electron chi connectivity index (χ2n) is 4.06. The summed E-state index contributed by atoms with van der Waals surface area (Å²) in [7, 11) is 1.67. The predicted octanol–water partition coefficient (Wildman–Crippen LogP) is 2.28. The highest BCUT2D eigenvalue weighted by Gasteiger charge is 2.26. The highest BCUT2D eigenvalue weighted by Crippen LogP contribution is 2.25. The zero-order valence-electron chi connectivity index (χ0n) is 10.4. The molecule has 4 heteroatoms. The zero-order valence-corrected chi connectivity index (χ0v) is 12.0. The van der Waals surface area contributed by atoms with Gasteiger partial charge < -0.3 is 15.2 Å². The Morgan fingerprint density at radius 3 is 2.53 bits per heavy atom. The van der Waals surface area contributed by atoms with Gasteiger partial charge in [0.25, 0.3) is 0 Å². The number of benzene rings is 1. The lowest BCUT2D eigenvalue weighted by Crippen LogP contribution is -2.38. The SMILES string of the molecule is CCC(O)(CNCCOC)c1ccc(Br)cc1. The molecule has 3 nitrogen and oxygen atoms in total. The van der Waals surface area contributed by atoms with E-state index in [2.05, 4.69) is 21.2 Å². The maximum Gasteiger partial charge on any atom is 0.102 e. The number of ether oxygens (including phenoxy) is 1. The van der Waals surface area contributed by atoms with Gasteiger partial charge in [-0.15, -0.1) is 0 Å². The second-order valence-corrected chi connectivity index (χ2v) is 4.98. The summed E-state index contributed by atoms with van der Waals surface area (Å²) in [4.78, 5) is 0. The molecule has 0 fully saturated rings. The van der Waals surface area contributed by atoms with Gasteiger partial charge in [0.15, 0.2) is 0 Å². The molecule has 0 heterocycles. The van der Waals surface area contributed by atoms with Gasteiger partial charge in [0.2, 0.25) is 0 Å². The fraction of sp³-hybridized carbons (Fsp3) is 0.538. The van der Waals surface area contributed by atoms with E-state index in [1.807, 2.05) is 31.2 Å². The summed E-state index contributed by atoms with van der Waals surface area (Å²) in [6, 6.07) is 7.80. The fourth-order valence-electron chi connectivity index (χ4n) is 1.66. The number of methoxy groups -OCH3 is 1. The maximum atomic E-state index is 10.6. The summed E-state index contributed by atoms with van der Waals surface area (Å²) >= 11 is 3.39. The van der Waals surface area contributed by atoms with Crippen molar-refractivity contribution in [2.75, 3.05) is 26.8 Å². The molecule has 0 amide bonds. The summed E-state index contributed by atoms with van der Waals surface area (Å²) in [5, 5.41) is 13.8. The lowest BCUT2D eigenvalue weighted by molar-refractivity contribution is 0.0312. The van der Waals surface area contributed by atoms with E-state index in [9.17, 15) is 5.11 Å². The van der Waals surface area contributed by atoms with Crippen molar-refractivity contribution in [3.05, 3.63) is 34.3 Å². The number of rotatable bonds is 7. The smallest absolute Gasteiger partial charge is 0.102 e. The lowest BCUT2D eigenvalue weighted by Gasteiger charge is -2.28. The van der Waals surface area contributed by atoms with Crippen molar-refractivity contribution in [3.63, 3.8) is 0 Å². The Bertz CT molecular complexity index is 329. The molecule has 0 aliphatic carbocycles. The first-order valence-corrected chi connectivity index (χ1v) is 6.60. The maximum absolute atomic E-state index is 10.6. The Balaban J connectivity index is 2.63. The van der Waals surface area contributed by atoms with E-state index in [0.29, 0.717) is 19.6 Å². The molecule has 0 aliphatic heterocycles. The van der Waals surface area contributed by atoms with Crippen LogP contribution in [0.25, 0.3) is 0 Å². The number of halogens is 1. The minimum atomic E-state index is -0.811. The number of hydrogen-bond donors (Lipinski definition) is 2. The number of hydrogen-bond acceptors (Lipinski definition) is 3. The van der Waals surface area contributed by atoms with Gasteiger partial charge >= 0.3 is 0 Å². The first kappa shape index (κ1) is 14.6. The Morgan fingerprint density at radius 1 is 1.35 bits per heavy atom. The van der Waals surface area contributed by atoms with Crippen molar-refractivity contribution in [3.8, 4) is 0 Å². The molecule has 1 aromatic carbocycles. The van der Waals surface area contributed by atoms with Gasteiger partial charge in [-0.05, 0) is 24.1 Å². The van der Waals surface area contributed by atoms with Crippen LogP contribution >= 0.6 is 15.9 Å². The molecule has 0 bridgehead atoms. The zero-order chi connectivity index (χ0) is 12.7. The third-order valence-corrected chi connectivity index (χ3v) is 3.40. The van der Waals surface area contributed by atoms with Crippen molar-refractivity contribution in [1.29, 1.82) is 0 Å². The highest BCUT2D eigenvalue weighted by molar-refractivity contribution is 9.10. The minimum absolute atomic E-state index is 0.536. The Labute approximate surface area is 111 Å². The van der Waals surface area contributed by atoms with Crippen molar-refractivity contribution in [2.45, 2.75) is 18.9 Å². The standard InChI is InChI=1S/C13H20BrNO2/c1-3-13(16,10-15-8-9-17-2)11-4-6-12(14)7-5-11/h4-7,15-16H,3,8-10H2,1-2H3. The summed E-state index contributed by atoms with van der Waals surface area (Å²) < 4.78 is 5.98. The summed E-state index contributed by atoms with van der Waals surface area (Å²) in [6.45, 7) is 3.92. The van der Waals surface area contributed by atoms with E-state index in [1.54, 1.807) is 7.11 Å². The molecule has 0 spiro atoms. The fourth-order valence-corrected chi connectivity index (χ4v) is 1.93. The van der Waals surface area contributed by atoms with E-state index >= 15 is 0 Å². The van der Waals surface area contributed by atoms with Crippen LogP contribution in [0.1, 0.15) is 18.9 Å². The van der Waals surface area contributed by atoms with Crippen LogP contribution in [0.3, 0.4) is 0 Å². The van der Waals surface area contributed by atoms with E-state index in [-0.39, 0.29) is 0 Å². The molecule has 0 aromatic heterocycles. The summed E-state index contributed by atoms with van der Waals surface area (Å²) in [6.07, 6.45) is 0.675. The van der Waals surface area contributed by atoms with Crippen LogP contribution in [-0.2, 0) is 10.3 Å². The third-order valence-electron chi connectivity index (χ3n) is 2.87. The molecule has 1 unspecified atom stereocenters. The van der Waals surface area contributed by atoms with Gasteiger partial charge in [-0.1, -0.05) is 35.0 Å². The molecular formula is C13H20BrNO2. The van der Waals surface area contributed by atoms with Crippen molar-refractivity contribution in [2.24, 2.45) is 0 Å². The van der Waals surface area contributed by atoms with E-state index in [0.717, 1.165) is 16.6 Å². The average molecular weight is 302 g/mol. The molecule has 1 atom stereocenters. The topological polar surface area (TPSA) is 41.5 Å². The largest absolute Gasteiger partial charge is 0.384 e. The molecule has 1 aromatic rings. The van der Waals surface area contributed by atoms with Crippen molar-refractivity contribution in [1.82, 2.24) is 5.32 Å². The highest BCUT2D eigenvalue weighted by atomic mass is 79.9. The lowest BCUT2D eigenvalue weighted by atomic mass is 9.91. The van der Waals surface area contributed by atoms with Crippen LogP contribution in [0, 0.1) is 0 Å². The predicted molar refractivity (Wildman–Crippen MR) is 73.1 cm³/mol. The molecule has 0 radical (unpaired) electrons. The minimum Gasteiger partial charge on any atom is -0.384 e. The number of aliphatic hydroxyl groups is 1. The van der Waals surface area contributed by atoms with Gasteiger partial charge in [0, 0.05) is 24.7 Å².